The summed E-state index contributed by atoms with van der Waals surface area (Å²) < 4.78 is 38.5. The van der Waals surface area contributed by atoms with E-state index < -0.39 is 12.1 Å². The molecule has 5 nitrogen and oxygen atoms in total. The van der Waals surface area contributed by atoms with Crippen LogP contribution in [0.2, 0.25) is 0 Å². The number of hydrogen-bond acceptors (Lipinski definition) is 3. The third-order valence-electron chi connectivity index (χ3n) is 5.28. The van der Waals surface area contributed by atoms with E-state index in [0.29, 0.717) is 19.6 Å². The molecule has 1 aliphatic rings. The molecule has 2 aromatic rings. The number of amides is 2. The second kappa shape index (κ2) is 9.28. The van der Waals surface area contributed by atoms with Crippen LogP contribution in [0.4, 0.5) is 35.0 Å². The third kappa shape index (κ3) is 5.81. The van der Waals surface area contributed by atoms with Gasteiger partial charge in [0.1, 0.15) is 0 Å². The number of urea groups is 1. The summed E-state index contributed by atoms with van der Waals surface area (Å²) >= 11 is 0. The van der Waals surface area contributed by atoms with Crippen molar-refractivity contribution in [1.82, 2.24) is 10.2 Å². The van der Waals surface area contributed by atoms with E-state index in [9.17, 15) is 18.0 Å². The predicted octanol–water partition coefficient (Wildman–Crippen LogP) is 4.98. The van der Waals surface area contributed by atoms with Gasteiger partial charge in [0.15, 0.2) is 0 Å². The minimum absolute atomic E-state index is 0.139. The van der Waals surface area contributed by atoms with Crippen molar-refractivity contribution in [3.63, 3.8) is 0 Å². The summed E-state index contributed by atoms with van der Waals surface area (Å²) in [5, 5.41) is 6.12. The second-order valence-corrected chi connectivity index (χ2v) is 7.72. The molecule has 0 aliphatic carbocycles. The van der Waals surface area contributed by atoms with Crippen LogP contribution in [0.25, 0.3) is 0 Å². The van der Waals surface area contributed by atoms with Gasteiger partial charge in [0, 0.05) is 50.8 Å². The van der Waals surface area contributed by atoms with Gasteiger partial charge in [-0.05, 0) is 54.8 Å². The van der Waals surface area contributed by atoms with Crippen molar-refractivity contribution < 1.29 is 18.0 Å². The average molecular weight is 420 g/mol. The molecule has 30 heavy (non-hydrogen) atoms. The van der Waals surface area contributed by atoms with Crippen molar-refractivity contribution in [3.8, 4) is 0 Å². The van der Waals surface area contributed by atoms with Crippen LogP contribution in [0, 0.1) is 5.92 Å². The van der Waals surface area contributed by atoms with Gasteiger partial charge in [0.25, 0.3) is 0 Å². The summed E-state index contributed by atoms with van der Waals surface area (Å²) in [4.78, 5) is 15.1. The zero-order valence-corrected chi connectivity index (χ0v) is 17.2. The van der Waals surface area contributed by atoms with E-state index in [1.54, 1.807) is 14.1 Å². The minimum atomic E-state index is -4.09. The highest BCUT2D eigenvalue weighted by Crippen LogP contribution is 2.35. The number of rotatable bonds is 5. The van der Waals surface area contributed by atoms with Gasteiger partial charge in [0.05, 0.1) is 5.92 Å². The van der Waals surface area contributed by atoms with E-state index in [1.807, 2.05) is 53.4 Å². The van der Waals surface area contributed by atoms with Crippen LogP contribution in [0.3, 0.4) is 0 Å². The van der Waals surface area contributed by atoms with Crippen molar-refractivity contribution in [2.45, 2.75) is 25.6 Å². The van der Waals surface area contributed by atoms with Crippen LogP contribution < -0.4 is 15.5 Å². The number of benzene rings is 2. The topological polar surface area (TPSA) is 47.6 Å². The summed E-state index contributed by atoms with van der Waals surface area (Å²) in [6.07, 6.45) is -3.80. The van der Waals surface area contributed by atoms with Crippen molar-refractivity contribution in [2.75, 3.05) is 37.4 Å². The summed E-state index contributed by atoms with van der Waals surface area (Å²) in [6, 6.07) is 15.3. The smallest absolute Gasteiger partial charge is 0.372 e. The first-order valence-electron chi connectivity index (χ1n) is 9.95. The number of anilines is 3. The van der Waals surface area contributed by atoms with Gasteiger partial charge < -0.3 is 20.4 Å². The van der Waals surface area contributed by atoms with E-state index >= 15 is 0 Å². The maximum absolute atomic E-state index is 12.8. The molecule has 1 fully saturated rings. The number of halogens is 3. The number of nitrogens with zero attached hydrogens (tertiary/aromatic N) is 2. The number of piperidine rings is 1. The van der Waals surface area contributed by atoms with Gasteiger partial charge in [-0.3, -0.25) is 0 Å². The molecule has 1 saturated heterocycles. The van der Waals surface area contributed by atoms with E-state index in [0.717, 1.165) is 22.6 Å². The normalized spacial score (nSPS) is 15.0. The van der Waals surface area contributed by atoms with E-state index in [4.69, 9.17) is 0 Å². The maximum atomic E-state index is 12.8. The number of carbonyl (C=O) groups is 1. The van der Waals surface area contributed by atoms with Crippen molar-refractivity contribution >= 4 is 23.1 Å². The molecule has 0 atom stereocenters. The van der Waals surface area contributed by atoms with E-state index in [-0.39, 0.29) is 18.9 Å². The molecule has 8 heteroatoms. The van der Waals surface area contributed by atoms with Gasteiger partial charge >= 0.3 is 12.2 Å². The van der Waals surface area contributed by atoms with E-state index in [1.165, 1.54) is 4.90 Å². The molecule has 1 heterocycles. The van der Waals surface area contributed by atoms with Gasteiger partial charge in [0.2, 0.25) is 0 Å². The van der Waals surface area contributed by atoms with Gasteiger partial charge in [-0.2, -0.15) is 13.2 Å². The predicted molar refractivity (Wildman–Crippen MR) is 113 cm³/mol. The first-order chi connectivity index (χ1) is 14.2. The molecular formula is C22H27F3N4O. The maximum Gasteiger partial charge on any atom is 0.391 e. The first-order valence-corrected chi connectivity index (χ1v) is 9.95. The lowest BCUT2D eigenvalue weighted by atomic mass is 9.96. The summed E-state index contributed by atoms with van der Waals surface area (Å²) in [6.45, 7) is 1.29. The van der Waals surface area contributed by atoms with Crippen LogP contribution in [0.5, 0.6) is 0 Å². The number of alkyl halides is 3. The third-order valence-corrected chi connectivity index (χ3v) is 5.28. The van der Waals surface area contributed by atoms with Crippen molar-refractivity contribution in [3.05, 3.63) is 54.1 Å². The highest BCUT2D eigenvalue weighted by molar-refractivity contribution is 5.73. The lowest BCUT2D eigenvalue weighted by Gasteiger charge is -2.34. The van der Waals surface area contributed by atoms with Crippen molar-refractivity contribution in [1.29, 1.82) is 0 Å². The molecule has 3 rings (SSSR count). The standard InChI is InChI=1S/C22H27F3N4O/c1-28(2)21(30)26-15-16-3-5-18(6-4-16)27-19-7-9-20(10-8-19)29-13-11-17(12-14-29)22(23,24)25/h3-10,17,27H,11-15H2,1-2H3,(H,26,30). The van der Waals surface area contributed by atoms with Crippen LogP contribution in [0.15, 0.2) is 48.5 Å². The Morgan fingerprint density at radius 1 is 1.00 bits per heavy atom. The number of carbonyl (C=O) groups excluding carboxylic acids is 1. The molecule has 0 bridgehead atoms. The highest BCUT2D eigenvalue weighted by atomic mass is 19.4. The van der Waals surface area contributed by atoms with E-state index in [2.05, 4.69) is 10.6 Å². The summed E-state index contributed by atoms with van der Waals surface area (Å²) in [5.41, 5.74) is 3.75. The zero-order chi connectivity index (χ0) is 21.7. The fourth-order valence-electron chi connectivity index (χ4n) is 3.43. The van der Waals surface area contributed by atoms with Crippen LogP contribution >= 0.6 is 0 Å². The zero-order valence-electron chi connectivity index (χ0n) is 17.2. The SMILES string of the molecule is CN(C)C(=O)NCc1ccc(Nc2ccc(N3CCC(C(F)(F)F)CC3)cc2)cc1. The Hall–Kier alpha value is -2.90. The fourth-order valence-corrected chi connectivity index (χ4v) is 3.43. The first kappa shape index (κ1) is 21.8. The molecular weight excluding hydrogens is 393 g/mol. The molecule has 0 spiro atoms. The Kier molecular flexibility index (Phi) is 6.74. The summed E-state index contributed by atoms with van der Waals surface area (Å²) in [7, 11) is 3.39. The van der Waals surface area contributed by atoms with Crippen LogP contribution in [-0.4, -0.2) is 44.3 Å². The molecule has 1 aliphatic heterocycles. The Morgan fingerprint density at radius 3 is 2.03 bits per heavy atom. The largest absolute Gasteiger partial charge is 0.391 e. The molecule has 0 saturated carbocycles. The Labute approximate surface area is 174 Å². The molecule has 162 valence electrons. The molecule has 0 unspecified atom stereocenters. The Bertz CT molecular complexity index is 827. The quantitative estimate of drug-likeness (QED) is 0.717. The molecule has 2 aromatic carbocycles. The fraction of sp³-hybridized carbons (Fsp3) is 0.409. The number of nitrogens with one attached hydrogen (secondary N) is 2. The lowest BCUT2D eigenvalue weighted by Crippen LogP contribution is -2.38. The van der Waals surface area contributed by atoms with Gasteiger partial charge in [-0.15, -0.1) is 0 Å². The lowest BCUT2D eigenvalue weighted by molar-refractivity contribution is -0.179. The Balaban J connectivity index is 1.52. The van der Waals surface area contributed by atoms with Crippen LogP contribution in [0.1, 0.15) is 18.4 Å². The Morgan fingerprint density at radius 2 is 1.53 bits per heavy atom. The monoisotopic (exact) mass is 420 g/mol. The van der Waals surface area contributed by atoms with Gasteiger partial charge in [-0.1, -0.05) is 12.1 Å². The summed E-state index contributed by atoms with van der Waals surface area (Å²) in [5.74, 6) is -1.19. The van der Waals surface area contributed by atoms with Crippen molar-refractivity contribution in [2.24, 2.45) is 5.92 Å². The molecule has 0 radical (unpaired) electrons. The molecule has 0 aromatic heterocycles. The van der Waals surface area contributed by atoms with Crippen LogP contribution in [-0.2, 0) is 6.54 Å². The minimum Gasteiger partial charge on any atom is -0.372 e. The highest BCUT2D eigenvalue weighted by Gasteiger charge is 2.41. The average Bonchev–Trinajstić information content (AvgIpc) is 2.73. The number of hydrogen-bond donors (Lipinski definition) is 2. The molecule has 2 N–H and O–H groups in total. The van der Waals surface area contributed by atoms with Gasteiger partial charge in [-0.25, -0.2) is 4.79 Å². The molecule has 2 amide bonds. The second-order valence-electron chi connectivity index (χ2n) is 7.72.